The van der Waals surface area contributed by atoms with Crippen molar-refractivity contribution in [2.24, 2.45) is 0 Å². The minimum absolute atomic E-state index is 0.120. The second-order valence-electron chi connectivity index (χ2n) is 3.59. The van der Waals surface area contributed by atoms with E-state index in [1.54, 1.807) is 29.7 Å². The first-order valence-electron chi connectivity index (χ1n) is 5.31. The first-order valence-corrected chi connectivity index (χ1v) is 6.19. The van der Waals surface area contributed by atoms with Crippen LogP contribution in [-0.2, 0) is 4.79 Å². The maximum absolute atomic E-state index is 11.6. The second kappa shape index (κ2) is 5.50. The average molecular weight is 247 g/mol. The molecule has 0 saturated heterocycles. The molecule has 0 aliphatic heterocycles. The van der Waals surface area contributed by atoms with Crippen LogP contribution in [0.1, 0.15) is 23.6 Å². The highest BCUT2D eigenvalue weighted by Crippen LogP contribution is 2.13. The summed E-state index contributed by atoms with van der Waals surface area (Å²) in [6, 6.07) is 7.44. The molecule has 2 heterocycles. The minimum atomic E-state index is -0.123. The summed E-state index contributed by atoms with van der Waals surface area (Å²) in [6.45, 7) is 1.88. The highest BCUT2D eigenvalue weighted by atomic mass is 32.1. The van der Waals surface area contributed by atoms with Crippen molar-refractivity contribution >= 4 is 23.3 Å². The number of nitrogens with one attached hydrogen (secondary N) is 1. The molecule has 0 bridgehead atoms. The lowest BCUT2D eigenvalue weighted by atomic mass is 10.2. The number of thiophene rings is 1. The van der Waals surface area contributed by atoms with Crippen molar-refractivity contribution in [3.8, 4) is 0 Å². The number of hydrogen-bond acceptors (Lipinski definition) is 3. The molecule has 88 valence electrons. The lowest BCUT2D eigenvalue weighted by molar-refractivity contribution is -0.117. The van der Waals surface area contributed by atoms with Gasteiger partial charge in [-0.2, -0.15) is 0 Å². The van der Waals surface area contributed by atoms with E-state index in [4.69, 9.17) is 4.42 Å². The molecule has 0 spiro atoms. The molecule has 1 unspecified atom stereocenters. The van der Waals surface area contributed by atoms with Gasteiger partial charge in [0.15, 0.2) is 0 Å². The van der Waals surface area contributed by atoms with Gasteiger partial charge in [0.1, 0.15) is 5.76 Å². The molecular formula is C13H13NO2S. The van der Waals surface area contributed by atoms with Gasteiger partial charge >= 0.3 is 0 Å². The van der Waals surface area contributed by atoms with Crippen molar-refractivity contribution in [2.45, 2.75) is 13.0 Å². The van der Waals surface area contributed by atoms with Crippen molar-refractivity contribution in [3.63, 3.8) is 0 Å². The van der Waals surface area contributed by atoms with Crippen LogP contribution >= 0.6 is 11.3 Å². The third kappa shape index (κ3) is 3.32. The quantitative estimate of drug-likeness (QED) is 0.843. The van der Waals surface area contributed by atoms with Gasteiger partial charge in [-0.25, -0.2) is 0 Å². The number of carbonyl (C=O) groups excluding carboxylic acids is 1. The van der Waals surface area contributed by atoms with Crippen LogP contribution in [0.4, 0.5) is 0 Å². The fraction of sp³-hybridized carbons (Fsp3) is 0.154. The van der Waals surface area contributed by atoms with Crippen LogP contribution in [0.5, 0.6) is 0 Å². The van der Waals surface area contributed by atoms with Gasteiger partial charge in [0.2, 0.25) is 5.91 Å². The van der Waals surface area contributed by atoms with Crippen LogP contribution in [0, 0.1) is 0 Å². The number of carbonyl (C=O) groups is 1. The minimum Gasteiger partial charge on any atom is -0.467 e. The molecule has 0 aromatic carbocycles. The Morgan fingerprint density at radius 1 is 1.47 bits per heavy atom. The summed E-state index contributed by atoms with van der Waals surface area (Å²) in [6.07, 6.45) is 4.93. The first-order chi connectivity index (χ1) is 8.25. The molecule has 0 radical (unpaired) electrons. The van der Waals surface area contributed by atoms with Gasteiger partial charge in [0.25, 0.3) is 0 Å². The molecule has 2 aromatic rings. The van der Waals surface area contributed by atoms with Gasteiger partial charge in [-0.3, -0.25) is 4.79 Å². The summed E-state index contributed by atoms with van der Waals surface area (Å²) in [4.78, 5) is 12.7. The van der Waals surface area contributed by atoms with E-state index in [2.05, 4.69) is 5.32 Å². The summed E-state index contributed by atoms with van der Waals surface area (Å²) in [7, 11) is 0. The highest BCUT2D eigenvalue weighted by Gasteiger charge is 2.09. The maximum Gasteiger partial charge on any atom is 0.244 e. The fourth-order valence-corrected chi connectivity index (χ4v) is 2.03. The molecule has 4 heteroatoms. The number of furan rings is 1. The normalized spacial score (nSPS) is 12.8. The monoisotopic (exact) mass is 247 g/mol. The SMILES string of the molecule is CC(NC(=O)C=Cc1cccs1)c1ccco1. The molecule has 0 aliphatic carbocycles. The van der Waals surface area contributed by atoms with Crippen LogP contribution in [0.25, 0.3) is 6.08 Å². The molecule has 0 fully saturated rings. The molecule has 3 nitrogen and oxygen atoms in total. The second-order valence-corrected chi connectivity index (χ2v) is 4.57. The van der Waals surface area contributed by atoms with Crippen molar-refractivity contribution < 1.29 is 9.21 Å². The van der Waals surface area contributed by atoms with Gasteiger partial charge in [0, 0.05) is 11.0 Å². The molecular weight excluding hydrogens is 234 g/mol. The van der Waals surface area contributed by atoms with Gasteiger partial charge < -0.3 is 9.73 Å². The molecule has 0 aliphatic rings. The van der Waals surface area contributed by atoms with E-state index < -0.39 is 0 Å². The van der Waals surface area contributed by atoms with E-state index >= 15 is 0 Å². The van der Waals surface area contributed by atoms with E-state index in [-0.39, 0.29) is 11.9 Å². The maximum atomic E-state index is 11.6. The van der Waals surface area contributed by atoms with Crippen molar-refractivity contribution in [1.82, 2.24) is 5.32 Å². The lowest BCUT2D eigenvalue weighted by Gasteiger charge is -2.08. The van der Waals surface area contributed by atoms with E-state index in [1.165, 1.54) is 6.08 Å². The lowest BCUT2D eigenvalue weighted by Crippen LogP contribution is -2.24. The van der Waals surface area contributed by atoms with E-state index in [0.717, 1.165) is 10.6 Å². The smallest absolute Gasteiger partial charge is 0.244 e. The van der Waals surface area contributed by atoms with E-state index in [9.17, 15) is 4.79 Å². The van der Waals surface area contributed by atoms with Crippen molar-refractivity contribution in [1.29, 1.82) is 0 Å². The average Bonchev–Trinajstić information content (AvgIpc) is 2.99. The number of rotatable bonds is 4. The Bertz CT molecular complexity index is 485. The zero-order chi connectivity index (χ0) is 12.1. The molecule has 0 saturated carbocycles. The van der Waals surface area contributed by atoms with Crippen LogP contribution in [0.3, 0.4) is 0 Å². The largest absolute Gasteiger partial charge is 0.467 e. The number of amides is 1. The molecule has 2 aromatic heterocycles. The van der Waals surface area contributed by atoms with Gasteiger partial charge in [-0.15, -0.1) is 11.3 Å². The highest BCUT2D eigenvalue weighted by molar-refractivity contribution is 7.10. The molecule has 1 amide bonds. The van der Waals surface area contributed by atoms with Gasteiger partial charge in [-0.05, 0) is 36.6 Å². The zero-order valence-electron chi connectivity index (χ0n) is 9.42. The zero-order valence-corrected chi connectivity index (χ0v) is 10.2. The van der Waals surface area contributed by atoms with E-state index in [0.29, 0.717) is 0 Å². The van der Waals surface area contributed by atoms with Crippen LogP contribution in [0.2, 0.25) is 0 Å². The van der Waals surface area contributed by atoms with Crippen LogP contribution < -0.4 is 5.32 Å². The van der Waals surface area contributed by atoms with Crippen LogP contribution in [-0.4, -0.2) is 5.91 Å². The molecule has 17 heavy (non-hydrogen) atoms. The van der Waals surface area contributed by atoms with Gasteiger partial charge in [0.05, 0.1) is 12.3 Å². The Kier molecular flexibility index (Phi) is 3.77. The Hall–Kier alpha value is -1.81. The predicted molar refractivity (Wildman–Crippen MR) is 68.6 cm³/mol. The van der Waals surface area contributed by atoms with Crippen molar-refractivity contribution in [3.05, 3.63) is 52.6 Å². The summed E-state index contributed by atoms with van der Waals surface area (Å²) in [5.41, 5.74) is 0. The summed E-state index contributed by atoms with van der Waals surface area (Å²) < 4.78 is 5.21. The third-order valence-corrected chi connectivity index (χ3v) is 3.11. The van der Waals surface area contributed by atoms with E-state index in [1.807, 2.05) is 30.5 Å². The number of hydrogen-bond donors (Lipinski definition) is 1. The van der Waals surface area contributed by atoms with Gasteiger partial charge in [-0.1, -0.05) is 6.07 Å². The topological polar surface area (TPSA) is 42.2 Å². The molecule has 2 rings (SSSR count). The summed E-state index contributed by atoms with van der Waals surface area (Å²) in [5.74, 6) is 0.630. The molecule has 1 atom stereocenters. The third-order valence-electron chi connectivity index (χ3n) is 2.27. The standard InChI is InChI=1S/C13H13NO2S/c1-10(12-5-2-8-16-12)14-13(15)7-6-11-4-3-9-17-11/h2-10H,1H3,(H,14,15). The Labute approximate surface area is 104 Å². The Morgan fingerprint density at radius 3 is 3.00 bits per heavy atom. The predicted octanol–water partition coefficient (Wildman–Crippen LogP) is 3.23. The molecule has 1 N–H and O–H groups in total. The fourth-order valence-electron chi connectivity index (χ4n) is 1.41. The van der Waals surface area contributed by atoms with Crippen molar-refractivity contribution in [2.75, 3.05) is 0 Å². The first kappa shape index (κ1) is 11.7. The van der Waals surface area contributed by atoms with Crippen LogP contribution in [0.15, 0.2) is 46.4 Å². The Morgan fingerprint density at radius 2 is 2.35 bits per heavy atom. The summed E-state index contributed by atoms with van der Waals surface area (Å²) >= 11 is 1.60. The summed E-state index contributed by atoms with van der Waals surface area (Å²) in [5, 5.41) is 4.81. The Balaban J connectivity index is 1.89.